The molecule has 1 aromatic carbocycles. The molecule has 0 saturated carbocycles. The van der Waals surface area contributed by atoms with E-state index in [2.05, 4.69) is 31.0 Å². The van der Waals surface area contributed by atoms with Crippen LogP contribution >= 0.6 is 0 Å². The number of hydrogen-bond donors (Lipinski definition) is 1. The van der Waals surface area contributed by atoms with Gasteiger partial charge in [0.15, 0.2) is 5.78 Å². The summed E-state index contributed by atoms with van der Waals surface area (Å²) in [4.78, 5) is 27.1. The molecule has 1 atom stereocenters. The molecule has 0 aliphatic carbocycles. The van der Waals surface area contributed by atoms with Gasteiger partial charge in [0.1, 0.15) is 0 Å². The monoisotopic (exact) mass is 388 g/mol. The highest BCUT2D eigenvalue weighted by molar-refractivity contribution is 5.97. The Hall–Kier alpha value is -1.72. The van der Waals surface area contributed by atoms with Crippen LogP contribution in [0.4, 0.5) is 0 Å². The molecule has 1 aliphatic rings. The average molecular weight is 389 g/mol. The zero-order chi connectivity index (χ0) is 20.4. The van der Waals surface area contributed by atoms with Crippen molar-refractivity contribution in [2.45, 2.75) is 58.9 Å². The highest BCUT2D eigenvalue weighted by Crippen LogP contribution is 2.19. The van der Waals surface area contributed by atoms with Crippen LogP contribution < -0.4 is 5.32 Å². The SMILES string of the molecule is CCc1ccc(C(=O)CCC(=O)NCC(C(CC)CC)N2CCOCC2)cc1. The number of benzene rings is 1. The topological polar surface area (TPSA) is 58.6 Å². The number of ether oxygens (including phenoxy) is 1. The van der Waals surface area contributed by atoms with E-state index in [1.54, 1.807) is 0 Å². The molecule has 1 amide bonds. The van der Waals surface area contributed by atoms with Crippen LogP contribution in [0.25, 0.3) is 0 Å². The normalized spacial score (nSPS) is 16.1. The number of hydrogen-bond acceptors (Lipinski definition) is 4. The molecular weight excluding hydrogens is 352 g/mol. The lowest BCUT2D eigenvalue weighted by Gasteiger charge is -2.38. The van der Waals surface area contributed by atoms with Gasteiger partial charge in [-0.2, -0.15) is 0 Å². The zero-order valence-electron chi connectivity index (χ0n) is 17.7. The van der Waals surface area contributed by atoms with Crippen LogP contribution in [0, 0.1) is 5.92 Å². The predicted molar refractivity (Wildman–Crippen MR) is 113 cm³/mol. The maximum absolute atomic E-state index is 12.4. The van der Waals surface area contributed by atoms with Crippen LogP contribution in [-0.2, 0) is 16.0 Å². The first-order valence-corrected chi connectivity index (χ1v) is 10.8. The molecule has 5 nitrogen and oxygen atoms in total. The van der Waals surface area contributed by atoms with E-state index in [9.17, 15) is 9.59 Å². The second-order valence-corrected chi connectivity index (χ2v) is 7.57. The Kier molecular flexibility index (Phi) is 9.65. The maximum atomic E-state index is 12.4. The minimum absolute atomic E-state index is 0.0301. The number of carbonyl (C=O) groups excluding carboxylic acids is 2. The molecule has 1 aliphatic heterocycles. The number of aryl methyl sites for hydroxylation is 1. The number of carbonyl (C=O) groups is 2. The Balaban J connectivity index is 1.83. The third-order valence-corrected chi connectivity index (χ3v) is 5.88. The van der Waals surface area contributed by atoms with Gasteiger partial charge in [-0.25, -0.2) is 0 Å². The third kappa shape index (κ3) is 6.71. The molecule has 5 heteroatoms. The van der Waals surface area contributed by atoms with Crippen LogP contribution in [0.5, 0.6) is 0 Å². The molecule has 0 radical (unpaired) electrons. The van der Waals surface area contributed by atoms with Gasteiger partial charge in [0.25, 0.3) is 0 Å². The van der Waals surface area contributed by atoms with Gasteiger partial charge in [-0.3, -0.25) is 14.5 Å². The summed E-state index contributed by atoms with van der Waals surface area (Å²) < 4.78 is 5.48. The predicted octanol–water partition coefficient (Wildman–Crippen LogP) is 3.47. The molecule has 156 valence electrons. The van der Waals surface area contributed by atoms with E-state index in [1.165, 1.54) is 5.56 Å². The lowest BCUT2D eigenvalue weighted by Crippen LogP contribution is -2.52. The standard InChI is InChI=1S/C23H36N2O3/c1-4-18-7-9-20(10-8-18)22(26)11-12-23(27)24-17-21(19(5-2)6-3)25-13-15-28-16-14-25/h7-10,19,21H,4-6,11-17H2,1-3H3,(H,24,27). The number of Topliss-reactive ketones (excluding diaryl/α,β-unsaturated/α-hetero) is 1. The summed E-state index contributed by atoms with van der Waals surface area (Å²) in [6.07, 6.45) is 3.65. The first-order chi connectivity index (χ1) is 13.6. The summed E-state index contributed by atoms with van der Waals surface area (Å²) in [6.45, 7) is 10.5. The fraction of sp³-hybridized carbons (Fsp3) is 0.652. The molecule has 1 heterocycles. The van der Waals surface area contributed by atoms with Crippen LogP contribution in [0.15, 0.2) is 24.3 Å². The van der Waals surface area contributed by atoms with E-state index in [1.807, 2.05) is 24.3 Å². The van der Waals surface area contributed by atoms with Gasteiger partial charge in [-0.05, 0) is 17.9 Å². The molecule has 28 heavy (non-hydrogen) atoms. The van der Waals surface area contributed by atoms with Crippen molar-refractivity contribution in [2.24, 2.45) is 5.92 Å². The Morgan fingerprint density at radius 3 is 2.25 bits per heavy atom. The molecule has 1 aromatic rings. The van der Waals surface area contributed by atoms with Gasteiger partial charge in [-0.15, -0.1) is 0 Å². The van der Waals surface area contributed by atoms with Crippen LogP contribution in [0.2, 0.25) is 0 Å². The quantitative estimate of drug-likeness (QED) is 0.590. The van der Waals surface area contributed by atoms with Crippen LogP contribution in [-0.4, -0.2) is 55.5 Å². The molecule has 2 rings (SSSR count). The molecule has 1 N–H and O–H groups in total. The molecular formula is C23H36N2O3. The number of morpholine rings is 1. The number of nitrogens with zero attached hydrogens (tertiary/aromatic N) is 1. The minimum Gasteiger partial charge on any atom is -0.379 e. The Morgan fingerprint density at radius 1 is 1.04 bits per heavy atom. The first-order valence-electron chi connectivity index (χ1n) is 10.8. The van der Waals surface area contributed by atoms with Crippen molar-refractivity contribution in [1.29, 1.82) is 0 Å². The highest BCUT2D eigenvalue weighted by Gasteiger charge is 2.27. The van der Waals surface area contributed by atoms with Gasteiger partial charge in [-0.1, -0.05) is 57.9 Å². The summed E-state index contributed by atoms with van der Waals surface area (Å²) in [5.41, 5.74) is 1.90. The highest BCUT2D eigenvalue weighted by atomic mass is 16.5. The molecule has 0 bridgehead atoms. The van der Waals surface area contributed by atoms with Gasteiger partial charge >= 0.3 is 0 Å². The van der Waals surface area contributed by atoms with E-state index in [4.69, 9.17) is 4.74 Å². The lowest BCUT2D eigenvalue weighted by molar-refractivity contribution is -0.121. The van der Waals surface area contributed by atoms with Crippen molar-refractivity contribution >= 4 is 11.7 Å². The Bertz CT molecular complexity index is 605. The van der Waals surface area contributed by atoms with Crippen molar-refractivity contribution in [3.63, 3.8) is 0 Å². The second-order valence-electron chi connectivity index (χ2n) is 7.57. The third-order valence-electron chi connectivity index (χ3n) is 5.88. The molecule has 1 fully saturated rings. The zero-order valence-corrected chi connectivity index (χ0v) is 17.7. The second kappa shape index (κ2) is 12.0. The van der Waals surface area contributed by atoms with Gasteiger partial charge in [0.2, 0.25) is 5.91 Å². The Labute approximate surface area is 169 Å². The smallest absolute Gasteiger partial charge is 0.220 e. The largest absolute Gasteiger partial charge is 0.379 e. The van der Waals surface area contributed by atoms with E-state index in [0.717, 1.165) is 45.6 Å². The van der Waals surface area contributed by atoms with E-state index < -0.39 is 0 Å². The number of nitrogens with one attached hydrogen (secondary N) is 1. The Morgan fingerprint density at radius 2 is 1.68 bits per heavy atom. The van der Waals surface area contributed by atoms with Crippen molar-refractivity contribution in [3.05, 3.63) is 35.4 Å². The number of amides is 1. The summed E-state index contributed by atoms with van der Waals surface area (Å²) in [5.74, 6) is 0.544. The molecule has 1 saturated heterocycles. The van der Waals surface area contributed by atoms with Gasteiger partial charge in [0.05, 0.1) is 13.2 Å². The summed E-state index contributed by atoms with van der Waals surface area (Å²) in [7, 11) is 0. The van der Waals surface area contributed by atoms with Crippen molar-refractivity contribution in [1.82, 2.24) is 10.2 Å². The van der Waals surface area contributed by atoms with Crippen molar-refractivity contribution < 1.29 is 14.3 Å². The van der Waals surface area contributed by atoms with Crippen molar-refractivity contribution in [3.8, 4) is 0 Å². The summed E-state index contributed by atoms with van der Waals surface area (Å²) >= 11 is 0. The van der Waals surface area contributed by atoms with E-state index >= 15 is 0 Å². The number of rotatable bonds is 11. The van der Waals surface area contributed by atoms with Crippen LogP contribution in [0.1, 0.15) is 62.4 Å². The van der Waals surface area contributed by atoms with Crippen molar-refractivity contribution in [2.75, 3.05) is 32.8 Å². The minimum atomic E-state index is -0.0391. The fourth-order valence-corrected chi connectivity index (χ4v) is 3.94. The first kappa shape index (κ1) is 22.6. The molecule has 1 unspecified atom stereocenters. The average Bonchev–Trinajstić information content (AvgIpc) is 2.75. The maximum Gasteiger partial charge on any atom is 0.220 e. The van der Waals surface area contributed by atoms with Crippen LogP contribution in [0.3, 0.4) is 0 Å². The van der Waals surface area contributed by atoms with Gasteiger partial charge < -0.3 is 10.1 Å². The molecule has 0 spiro atoms. The lowest BCUT2D eigenvalue weighted by atomic mass is 9.92. The van der Waals surface area contributed by atoms with E-state index in [0.29, 0.717) is 24.1 Å². The fourth-order valence-electron chi connectivity index (χ4n) is 3.94. The summed E-state index contributed by atoms with van der Waals surface area (Å²) in [6, 6.07) is 8.02. The van der Waals surface area contributed by atoms with Gasteiger partial charge in [0, 0.05) is 44.1 Å². The number of ketones is 1. The molecule has 0 aromatic heterocycles. The van der Waals surface area contributed by atoms with E-state index in [-0.39, 0.29) is 24.5 Å². The summed E-state index contributed by atoms with van der Waals surface area (Å²) in [5, 5.41) is 3.08.